The summed E-state index contributed by atoms with van der Waals surface area (Å²) in [5, 5.41) is 0. The van der Waals surface area contributed by atoms with Crippen LogP contribution in [0.25, 0.3) is 0 Å². The first-order valence-corrected chi connectivity index (χ1v) is 7.03. The fourth-order valence-electron chi connectivity index (χ4n) is 2.40. The number of epoxide rings is 1. The van der Waals surface area contributed by atoms with Crippen molar-refractivity contribution in [2.24, 2.45) is 0 Å². The maximum absolute atomic E-state index is 11.8. The molecule has 0 unspecified atom stereocenters. The van der Waals surface area contributed by atoms with Gasteiger partial charge in [-0.05, 0) is 24.3 Å². The van der Waals surface area contributed by atoms with Crippen LogP contribution in [0.5, 0.6) is 0 Å². The number of hydrogen-bond acceptors (Lipinski definition) is 4. The van der Waals surface area contributed by atoms with Crippen molar-refractivity contribution in [3.05, 3.63) is 24.3 Å². The second kappa shape index (κ2) is 5.83. The molecule has 0 bridgehead atoms. The van der Waals surface area contributed by atoms with Crippen LogP contribution in [0.1, 0.15) is 6.92 Å². The number of nitrogens with zero attached hydrogens (tertiary/aromatic N) is 2. The van der Waals surface area contributed by atoms with E-state index in [0.717, 1.165) is 11.4 Å². The molecule has 0 spiro atoms. The van der Waals surface area contributed by atoms with Gasteiger partial charge in [0.1, 0.15) is 6.61 Å². The minimum atomic E-state index is -0.0381. The molecular formula is C15H18N2O4. The molecule has 1 atom stereocenters. The Balaban J connectivity index is 1.75. The summed E-state index contributed by atoms with van der Waals surface area (Å²) in [7, 11) is 0. The van der Waals surface area contributed by atoms with E-state index in [0.29, 0.717) is 26.3 Å². The average molecular weight is 290 g/mol. The molecule has 2 fully saturated rings. The summed E-state index contributed by atoms with van der Waals surface area (Å²) in [6, 6.07) is 7.45. The average Bonchev–Trinajstić information content (AvgIpc) is 3.29. The molecule has 1 aromatic carbocycles. The van der Waals surface area contributed by atoms with Gasteiger partial charge in [0.25, 0.3) is 5.91 Å². The van der Waals surface area contributed by atoms with Crippen molar-refractivity contribution in [3.8, 4) is 0 Å². The summed E-state index contributed by atoms with van der Waals surface area (Å²) in [5.41, 5.74) is 1.65. The highest BCUT2D eigenvalue weighted by molar-refractivity contribution is 5.96. The van der Waals surface area contributed by atoms with Crippen LogP contribution in [-0.4, -0.2) is 50.8 Å². The lowest BCUT2D eigenvalue weighted by molar-refractivity contribution is -0.125. The molecule has 21 heavy (non-hydrogen) atoms. The highest BCUT2D eigenvalue weighted by atomic mass is 16.6. The smallest absolute Gasteiger partial charge is 0.253 e. The number of amides is 2. The van der Waals surface area contributed by atoms with Crippen LogP contribution in [-0.2, 0) is 19.1 Å². The van der Waals surface area contributed by atoms with Gasteiger partial charge in [-0.2, -0.15) is 0 Å². The third-order valence-corrected chi connectivity index (χ3v) is 3.63. The summed E-state index contributed by atoms with van der Waals surface area (Å²) < 4.78 is 10.3. The normalized spacial score (nSPS) is 21.3. The Hall–Kier alpha value is -1.92. The number of carbonyl (C=O) groups excluding carboxylic acids is 2. The number of ether oxygens (including phenoxy) is 2. The molecule has 0 aliphatic carbocycles. The van der Waals surface area contributed by atoms with E-state index in [1.807, 2.05) is 24.3 Å². The van der Waals surface area contributed by atoms with Crippen molar-refractivity contribution in [2.45, 2.75) is 13.0 Å². The van der Waals surface area contributed by atoms with E-state index in [4.69, 9.17) is 9.47 Å². The molecule has 6 nitrogen and oxygen atoms in total. The van der Waals surface area contributed by atoms with Gasteiger partial charge >= 0.3 is 0 Å². The fourth-order valence-corrected chi connectivity index (χ4v) is 2.40. The number of benzene rings is 1. The summed E-state index contributed by atoms with van der Waals surface area (Å²) in [5.74, 6) is -0.0514. The van der Waals surface area contributed by atoms with Crippen molar-refractivity contribution in [1.29, 1.82) is 0 Å². The van der Waals surface area contributed by atoms with E-state index in [2.05, 4.69) is 0 Å². The van der Waals surface area contributed by atoms with Gasteiger partial charge in [-0.1, -0.05) is 0 Å². The van der Waals surface area contributed by atoms with Gasteiger partial charge in [0.15, 0.2) is 0 Å². The Kier molecular flexibility index (Phi) is 3.90. The summed E-state index contributed by atoms with van der Waals surface area (Å²) in [4.78, 5) is 26.9. The Bertz CT molecular complexity index is 539. The van der Waals surface area contributed by atoms with Crippen molar-refractivity contribution in [1.82, 2.24) is 0 Å². The molecule has 0 N–H and O–H groups in total. The van der Waals surface area contributed by atoms with E-state index in [9.17, 15) is 9.59 Å². The highest BCUT2D eigenvalue weighted by Crippen LogP contribution is 2.24. The molecule has 0 saturated carbocycles. The Morgan fingerprint density at radius 3 is 2.67 bits per heavy atom. The summed E-state index contributed by atoms with van der Waals surface area (Å²) in [6.07, 6.45) is 0.148. The molecular weight excluding hydrogens is 272 g/mol. The van der Waals surface area contributed by atoms with Gasteiger partial charge in [0, 0.05) is 24.8 Å². The third-order valence-electron chi connectivity index (χ3n) is 3.63. The predicted molar refractivity (Wildman–Crippen MR) is 77.4 cm³/mol. The first-order valence-electron chi connectivity index (χ1n) is 7.03. The van der Waals surface area contributed by atoms with Crippen LogP contribution in [0.3, 0.4) is 0 Å². The minimum Gasteiger partial charge on any atom is -0.371 e. The Labute approximate surface area is 123 Å². The molecule has 6 heteroatoms. The van der Waals surface area contributed by atoms with E-state index in [-0.39, 0.29) is 24.5 Å². The van der Waals surface area contributed by atoms with Gasteiger partial charge in [-0.25, -0.2) is 0 Å². The zero-order valence-corrected chi connectivity index (χ0v) is 11.9. The maximum Gasteiger partial charge on any atom is 0.253 e. The van der Waals surface area contributed by atoms with Crippen molar-refractivity contribution in [2.75, 3.05) is 42.7 Å². The summed E-state index contributed by atoms with van der Waals surface area (Å²) in [6.45, 7) is 4.06. The van der Waals surface area contributed by atoms with Crippen molar-refractivity contribution < 1.29 is 19.1 Å². The quantitative estimate of drug-likeness (QED) is 0.770. The zero-order valence-electron chi connectivity index (χ0n) is 11.9. The molecule has 2 aliphatic rings. The largest absolute Gasteiger partial charge is 0.371 e. The number of rotatable bonds is 4. The number of morpholine rings is 1. The van der Waals surface area contributed by atoms with Crippen LogP contribution >= 0.6 is 0 Å². The van der Waals surface area contributed by atoms with Gasteiger partial charge in [0.05, 0.1) is 25.9 Å². The fraction of sp³-hybridized carbons (Fsp3) is 0.467. The molecule has 3 rings (SSSR count). The number of hydrogen-bond donors (Lipinski definition) is 0. The molecule has 0 radical (unpaired) electrons. The molecule has 2 saturated heterocycles. The van der Waals surface area contributed by atoms with Crippen molar-refractivity contribution >= 4 is 23.2 Å². The van der Waals surface area contributed by atoms with Gasteiger partial charge in [-0.3, -0.25) is 9.59 Å². The Morgan fingerprint density at radius 2 is 2.10 bits per heavy atom. The topological polar surface area (TPSA) is 62.4 Å². The monoisotopic (exact) mass is 290 g/mol. The highest BCUT2D eigenvalue weighted by Gasteiger charge is 2.27. The van der Waals surface area contributed by atoms with Crippen LogP contribution in [0.2, 0.25) is 0 Å². The SMILES string of the molecule is CC(=O)N(C[C@@H]1CO1)c1ccc(N2CCOCC2=O)cc1. The molecule has 112 valence electrons. The summed E-state index contributed by atoms with van der Waals surface area (Å²) >= 11 is 0. The van der Waals surface area contributed by atoms with Gasteiger partial charge in [0.2, 0.25) is 5.91 Å². The van der Waals surface area contributed by atoms with Crippen LogP contribution in [0, 0.1) is 0 Å². The second-order valence-electron chi connectivity index (χ2n) is 5.20. The van der Waals surface area contributed by atoms with Gasteiger partial charge in [-0.15, -0.1) is 0 Å². The maximum atomic E-state index is 11.8. The Morgan fingerprint density at radius 1 is 1.38 bits per heavy atom. The van der Waals surface area contributed by atoms with Gasteiger partial charge < -0.3 is 19.3 Å². The second-order valence-corrected chi connectivity index (χ2v) is 5.20. The van der Waals surface area contributed by atoms with Crippen LogP contribution < -0.4 is 9.80 Å². The predicted octanol–water partition coefficient (Wildman–Crippen LogP) is 0.801. The van der Waals surface area contributed by atoms with Crippen molar-refractivity contribution in [3.63, 3.8) is 0 Å². The lowest BCUT2D eigenvalue weighted by Crippen LogP contribution is -2.41. The van der Waals surface area contributed by atoms with E-state index >= 15 is 0 Å². The number of anilines is 2. The lowest BCUT2D eigenvalue weighted by atomic mass is 10.2. The molecule has 2 heterocycles. The van der Waals surface area contributed by atoms with Crippen LogP contribution in [0.15, 0.2) is 24.3 Å². The van der Waals surface area contributed by atoms with Crippen LogP contribution in [0.4, 0.5) is 11.4 Å². The van der Waals surface area contributed by atoms with E-state index in [1.54, 1.807) is 16.7 Å². The van der Waals surface area contributed by atoms with E-state index < -0.39 is 0 Å². The molecule has 1 aromatic rings. The first kappa shape index (κ1) is 14.0. The minimum absolute atomic E-state index is 0.0132. The third kappa shape index (κ3) is 3.22. The molecule has 2 aliphatic heterocycles. The molecule has 0 aromatic heterocycles. The zero-order chi connectivity index (χ0) is 14.8. The number of carbonyl (C=O) groups is 2. The first-order chi connectivity index (χ1) is 10.1. The molecule has 2 amide bonds. The standard InChI is InChI=1S/C15H18N2O4/c1-11(18)17(8-14-9-21-14)13-4-2-12(3-5-13)16-6-7-20-10-15(16)19/h2-5,14H,6-10H2,1H3/t14-/m1/s1. The lowest BCUT2D eigenvalue weighted by Gasteiger charge is -2.27. The van der Waals surface area contributed by atoms with E-state index in [1.165, 1.54) is 0 Å².